The lowest BCUT2D eigenvalue weighted by Gasteiger charge is -2.09. The molecular formula is C27H13Cl2F9N6. The molecule has 228 valence electrons. The van der Waals surface area contributed by atoms with Gasteiger partial charge < -0.3 is 0 Å². The highest BCUT2D eigenvalue weighted by atomic mass is 35.5. The first-order chi connectivity index (χ1) is 20.5. The zero-order valence-electron chi connectivity index (χ0n) is 21.3. The van der Waals surface area contributed by atoms with Crippen molar-refractivity contribution < 1.29 is 39.5 Å². The quantitative estimate of drug-likeness (QED) is 0.174. The number of alkyl halides is 9. The molecule has 0 aliphatic rings. The van der Waals surface area contributed by atoms with Crippen LogP contribution in [-0.2, 0) is 18.5 Å². The van der Waals surface area contributed by atoms with Gasteiger partial charge in [-0.25, -0.2) is 0 Å². The number of aromatic nitrogens is 6. The third kappa shape index (κ3) is 6.43. The van der Waals surface area contributed by atoms with Crippen molar-refractivity contribution >= 4 is 34.5 Å². The molecule has 0 atom stereocenters. The van der Waals surface area contributed by atoms with Crippen LogP contribution >= 0.6 is 23.2 Å². The minimum absolute atomic E-state index is 0.00649. The fourth-order valence-electron chi connectivity index (χ4n) is 4.07. The van der Waals surface area contributed by atoms with Crippen LogP contribution in [0.5, 0.6) is 0 Å². The summed E-state index contributed by atoms with van der Waals surface area (Å²) in [6.07, 6.45) is -11.3. The van der Waals surface area contributed by atoms with Gasteiger partial charge in [-0.3, -0.25) is 8.80 Å². The van der Waals surface area contributed by atoms with Crippen LogP contribution in [0.15, 0.2) is 79.1 Å². The summed E-state index contributed by atoms with van der Waals surface area (Å²) < 4.78 is 116. The number of halogens is 11. The summed E-state index contributed by atoms with van der Waals surface area (Å²) >= 11 is 11.9. The zero-order valence-corrected chi connectivity index (χ0v) is 22.9. The molecule has 2 aromatic carbocycles. The number of hydrogen-bond donors (Lipinski definition) is 0. The van der Waals surface area contributed by atoms with Crippen LogP contribution in [0.25, 0.3) is 33.5 Å². The van der Waals surface area contributed by atoms with Crippen LogP contribution in [0.4, 0.5) is 39.5 Å². The van der Waals surface area contributed by atoms with Crippen LogP contribution in [0.3, 0.4) is 0 Å². The molecule has 0 spiro atoms. The van der Waals surface area contributed by atoms with E-state index in [1.807, 2.05) is 0 Å². The average Bonchev–Trinajstić information content (AvgIpc) is 3.57. The van der Waals surface area contributed by atoms with Gasteiger partial charge in [-0.1, -0.05) is 41.4 Å². The fraction of sp³-hybridized carbons (Fsp3) is 0.111. The third-order valence-corrected chi connectivity index (χ3v) is 6.65. The van der Waals surface area contributed by atoms with E-state index in [9.17, 15) is 39.5 Å². The highest BCUT2D eigenvalue weighted by molar-refractivity contribution is 6.36. The molecule has 4 heterocycles. The van der Waals surface area contributed by atoms with Crippen LogP contribution in [0.2, 0.25) is 10.0 Å². The second-order valence-electron chi connectivity index (χ2n) is 9.03. The van der Waals surface area contributed by atoms with Crippen LogP contribution < -0.4 is 0 Å². The molecule has 0 saturated heterocycles. The topological polar surface area (TPSA) is 60.4 Å². The van der Waals surface area contributed by atoms with E-state index in [1.54, 1.807) is 18.2 Å². The van der Waals surface area contributed by atoms with E-state index in [0.29, 0.717) is 32.3 Å². The van der Waals surface area contributed by atoms with Crippen molar-refractivity contribution in [2.75, 3.05) is 0 Å². The monoisotopic (exact) mass is 662 g/mol. The summed E-state index contributed by atoms with van der Waals surface area (Å²) in [5.41, 5.74) is 1.02. The van der Waals surface area contributed by atoms with Gasteiger partial charge in [0, 0.05) is 33.6 Å². The SMILES string of the molecule is FC(F)(F)c1ccc(-c2ccc3nnc(C(F)(F)F)n3c2)cc1.FC(F)(F)c1nnc2ccc(-c3ccc(Cl)cc3Cl)cn12. The molecule has 44 heavy (non-hydrogen) atoms. The Labute approximate surface area is 250 Å². The van der Waals surface area contributed by atoms with Crippen molar-refractivity contribution in [1.29, 1.82) is 0 Å². The van der Waals surface area contributed by atoms with E-state index < -0.39 is 35.7 Å². The lowest BCUT2D eigenvalue weighted by atomic mass is 10.1. The third-order valence-electron chi connectivity index (χ3n) is 6.10. The lowest BCUT2D eigenvalue weighted by Crippen LogP contribution is -2.10. The number of nitrogens with zero attached hydrogens (tertiary/aromatic N) is 6. The smallest absolute Gasteiger partial charge is 0.278 e. The Balaban J connectivity index is 0.000000175. The van der Waals surface area contributed by atoms with E-state index >= 15 is 0 Å². The largest absolute Gasteiger partial charge is 0.452 e. The number of rotatable bonds is 2. The first kappa shape index (κ1) is 31.1. The van der Waals surface area contributed by atoms with Crippen LogP contribution in [0.1, 0.15) is 17.2 Å². The molecule has 0 saturated carbocycles. The van der Waals surface area contributed by atoms with E-state index in [0.717, 1.165) is 27.1 Å². The van der Waals surface area contributed by atoms with E-state index in [2.05, 4.69) is 20.4 Å². The molecule has 6 rings (SSSR count). The second kappa shape index (κ2) is 11.3. The second-order valence-corrected chi connectivity index (χ2v) is 9.88. The van der Waals surface area contributed by atoms with E-state index in [-0.39, 0.29) is 11.3 Å². The fourth-order valence-corrected chi connectivity index (χ4v) is 4.59. The Kier molecular flexibility index (Phi) is 7.97. The maximum Gasteiger partial charge on any atom is 0.452 e. The first-order valence-corrected chi connectivity index (χ1v) is 12.7. The predicted octanol–water partition coefficient (Wildman–Crippen LogP) is 9.16. The maximum absolute atomic E-state index is 12.9. The number of pyridine rings is 2. The van der Waals surface area contributed by atoms with E-state index in [4.69, 9.17) is 23.2 Å². The van der Waals surface area contributed by atoms with Gasteiger partial charge in [0.25, 0.3) is 0 Å². The van der Waals surface area contributed by atoms with Gasteiger partial charge >= 0.3 is 18.5 Å². The molecule has 0 aliphatic carbocycles. The molecule has 0 radical (unpaired) electrons. The molecule has 0 fully saturated rings. The molecule has 6 nitrogen and oxygen atoms in total. The zero-order chi connectivity index (χ0) is 32.0. The summed E-state index contributed by atoms with van der Waals surface area (Å²) in [5.74, 6) is -2.27. The molecule has 0 amide bonds. The standard InChI is InChI=1S/C14H7F6N3.C13H6Cl2F3N3/c15-13(16,17)10-4-1-8(2-5-10)9-3-6-11-21-22-12(14(18,19)20)23(11)7-9;14-8-2-3-9(10(15)5-8)7-1-4-11-19-20-12(13(16,17)18)21(11)6-7/h1-7H;1-6H. The van der Waals surface area contributed by atoms with E-state index in [1.165, 1.54) is 42.6 Å². The molecule has 17 heteroatoms. The predicted molar refractivity (Wildman–Crippen MR) is 142 cm³/mol. The van der Waals surface area contributed by atoms with Gasteiger partial charge in [-0.15, -0.1) is 20.4 Å². The molecule has 0 unspecified atom stereocenters. The van der Waals surface area contributed by atoms with Crippen molar-refractivity contribution in [2.24, 2.45) is 0 Å². The van der Waals surface area contributed by atoms with Crippen molar-refractivity contribution in [3.8, 4) is 22.3 Å². The van der Waals surface area contributed by atoms with Crippen molar-refractivity contribution in [3.05, 3.63) is 106 Å². The van der Waals surface area contributed by atoms with Crippen LogP contribution in [-0.4, -0.2) is 29.2 Å². The van der Waals surface area contributed by atoms with Crippen molar-refractivity contribution in [2.45, 2.75) is 18.5 Å². The van der Waals surface area contributed by atoms with Gasteiger partial charge in [-0.05, 0) is 59.7 Å². The maximum atomic E-state index is 12.9. The Hall–Kier alpha value is -4.37. The summed E-state index contributed by atoms with van der Waals surface area (Å²) in [7, 11) is 0. The Morgan fingerprint density at radius 2 is 0.977 bits per heavy atom. The Morgan fingerprint density at radius 3 is 1.45 bits per heavy atom. The summed E-state index contributed by atoms with van der Waals surface area (Å²) in [6, 6.07) is 14.8. The van der Waals surface area contributed by atoms with Crippen LogP contribution in [0, 0.1) is 0 Å². The van der Waals surface area contributed by atoms with Gasteiger partial charge in [0.15, 0.2) is 11.3 Å². The number of hydrogen-bond acceptors (Lipinski definition) is 4. The molecular weight excluding hydrogens is 650 g/mol. The van der Waals surface area contributed by atoms with Gasteiger partial charge in [-0.2, -0.15) is 39.5 Å². The highest BCUT2D eigenvalue weighted by Crippen LogP contribution is 2.34. The number of benzene rings is 2. The first-order valence-electron chi connectivity index (χ1n) is 12.0. The highest BCUT2D eigenvalue weighted by Gasteiger charge is 2.38. The normalized spacial score (nSPS) is 12.4. The molecule has 0 N–H and O–H groups in total. The van der Waals surface area contributed by atoms with Gasteiger partial charge in [0.2, 0.25) is 11.6 Å². The molecule has 6 aromatic rings. The molecule has 0 bridgehead atoms. The Bertz CT molecular complexity index is 1960. The lowest BCUT2D eigenvalue weighted by molar-refractivity contribution is -0.146. The van der Waals surface area contributed by atoms with Crippen molar-refractivity contribution in [1.82, 2.24) is 29.2 Å². The number of fused-ring (bicyclic) bond motifs is 2. The molecule has 4 aromatic heterocycles. The summed E-state index contributed by atoms with van der Waals surface area (Å²) in [6.45, 7) is 0. The minimum atomic E-state index is -4.68. The Morgan fingerprint density at radius 1 is 0.500 bits per heavy atom. The van der Waals surface area contributed by atoms with Crippen molar-refractivity contribution in [3.63, 3.8) is 0 Å². The summed E-state index contributed by atoms with van der Waals surface area (Å²) in [5, 5.41) is 14.0. The average molecular weight is 663 g/mol. The minimum Gasteiger partial charge on any atom is -0.278 e. The van der Waals surface area contributed by atoms with Gasteiger partial charge in [0.05, 0.1) is 5.56 Å². The van der Waals surface area contributed by atoms with Gasteiger partial charge in [0.1, 0.15) is 0 Å². The summed E-state index contributed by atoms with van der Waals surface area (Å²) in [4.78, 5) is 0. The molecule has 0 aliphatic heterocycles.